The van der Waals surface area contributed by atoms with Gasteiger partial charge in [-0.05, 0) is 61.8 Å². The minimum Gasteiger partial charge on any atom is -0.496 e. The molecule has 2 heterocycles. The number of quaternary nitrogens is 1. The summed E-state index contributed by atoms with van der Waals surface area (Å²) in [5, 5.41) is 5.16. The maximum atomic E-state index is 6.33. The van der Waals surface area contributed by atoms with E-state index in [1.807, 2.05) is 63.2 Å². The van der Waals surface area contributed by atoms with Crippen LogP contribution in [-0.2, 0) is 0 Å². The summed E-state index contributed by atoms with van der Waals surface area (Å²) in [4.78, 5) is 8.69. The van der Waals surface area contributed by atoms with Crippen LogP contribution in [0.3, 0.4) is 0 Å². The predicted molar refractivity (Wildman–Crippen MR) is 129 cm³/mol. The fraction of sp³-hybridized carbons (Fsp3) is 0.208. The highest BCUT2D eigenvalue weighted by molar-refractivity contribution is 6.32. The summed E-state index contributed by atoms with van der Waals surface area (Å²) in [6.07, 6.45) is 1.79. The second-order valence-corrected chi connectivity index (χ2v) is 8.14. The van der Waals surface area contributed by atoms with Gasteiger partial charge in [0.05, 0.1) is 12.1 Å². The van der Waals surface area contributed by atoms with Crippen LogP contribution >= 0.6 is 11.6 Å². The number of para-hydroxylation sites is 1. The van der Waals surface area contributed by atoms with E-state index in [2.05, 4.69) is 15.1 Å². The number of hydrogen-bond donors (Lipinski definition) is 1. The summed E-state index contributed by atoms with van der Waals surface area (Å²) in [6, 6.07) is 17.4. The zero-order valence-electron chi connectivity index (χ0n) is 18.4. The maximum Gasteiger partial charge on any atom is 0.441 e. The number of aliphatic imine (C=N–C) groups is 1. The summed E-state index contributed by atoms with van der Waals surface area (Å²) >= 11 is 6.33. The lowest BCUT2D eigenvalue weighted by Gasteiger charge is -2.31. The second-order valence-electron chi connectivity index (χ2n) is 7.73. The Morgan fingerprint density at radius 2 is 1.81 bits per heavy atom. The van der Waals surface area contributed by atoms with Crippen molar-refractivity contribution in [1.29, 1.82) is 0 Å². The molecule has 0 amide bonds. The third kappa shape index (κ3) is 3.81. The molecule has 0 radical (unpaired) electrons. The molecule has 4 rings (SSSR count). The van der Waals surface area contributed by atoms with Crippen molar-refractivity contribution in [2.45, 2.75) is 26.8 Å². The average Bonchev–Trinajstić information content (AvgIpc) is 3.11. The lowest BCUT2D eigenvalue weighted by atomic mass is 10.0. The van der Waals surface area contributed by atoms with Crippen molar-refractivity contribution in [2.75, 3.05) is 7.11 Å². The van der Waals surface area contributed by atoms with Crippen LogP contribution in [0.25, 0.3) is 11.1 Å². The van der Waals surface area contributed by atoms with E-state index in [1.54, 1.807) is 25.4 Å². The molecule has 1 aliphatic heterocycles. The normalized spacial score (nSPS) is 17.8. The molecule has 2 N–H and O–H groups in total. The summed E-state index contributed by atoms with van der Waals surface area (Å²) < 4.78 is 11.9. The largest absolute Gasteiger partial charge is 0.496 e. The standard InChI is InChI=1S/C24H25ClN5O2/c1-15(2)30(24(28-23(26)29-30)32-21-8-6-5-7-20(21)25)18-9-10-19(22(14-18)31-4)17-11-12-27-16(3)13-17/h5-15H,1-4H3,(H2,26,29)/q+1. The second kappa shape index (κ2) is 8.61. The van der Waals surface area contributed by atoms with Crippen LogP contribution in [0.1, 0.15) is 19.5 Å². The molecule has 32 heavy (non-hydrogen) atoms. The molecular weight excluding hydrogens is 426 g/mol. The number of rotatable bonds is 5. The molecular formula is C24H25ClN5O2+. The first-order valence-corrected chi connectivity index (χ1v) is 10.6. The molecule has 0 saturated heterocycles. The monoisotopic (exact) mass is 450 g/mol. The Hall–Kier alpha value is -3.42. The van der Waals surface area contributed by atoms with E-state index < -0.39 is 0 Å². The molecule has 164 valence electrons. The van der Waals surface area contributed by atoms with E-state index >= 15 is 0 Å². The number of ether oxygens (including phenoxy) is 2. The first-order chi connectivity index (χ1) is 15.3. The average molecular weight is 451 g/mol. The van der Waals surface area contributed by atoms with E-state index in [9.17, 15) is 0 Å². The molecule has 1 unspecified atom stereocenters. The van der Waals surface area contributed by atoms with Crippen molar-refractivity contribution in [3.8, 4) is 22.6 Å². The van der Waals surface area contributed by atoms with Crippen molar-refractivity contribution in [3.05, 3.63) is 71.5 Å². The summed E-state index contributed by atoms with van der Waals surface area (Å²) in [5.74, 6) is 1.31. The van der Waals surface area contributed by atoms with Crippen molar-refractivity contribution in [1.82, 2.24) is 9.58 Å². The molecule has 1 atom stereocenters. The number of aromatic nitrogens is 1. The van der Waals surface area contributed by atoms with Gasteiger partial charge in [-0.2, -0.15) is 0 Å². The number of methoxy groups -OCH3 is 1. The van der Waals surface area contributed by atoms with Gasteiger partial charge in [-0.3, -0.25) is 4.98 Å². The molecule has 3 aromatic rings. The van der Waals surface area contributed by atoms with Gasteiger partial charge in [0.1, 0.15) is 11.8 Å². The van der Waals surface area contributed by atoms with Crippen LogP contribution in [0.15, 0.2) is 70.9 Å². The van der Waals surface area contributed by atoms with Gasteiger partial charge in [0, 0.05) is 29.6 Å². The van der Waals surface area contributed by atoms with Crippen molar-refractivity contribution >= 4 is 29.3 Å². The molecule has 0 fully saturated rings. The molecule has 7 nitrogen and oxygen atoms in total. The Labute approximate surface area is 192 Å². The number of hydrogen-bond acceptors (Lipinski definition) is 6. The van der Waals surface area contributed by atoms with E-state index in [4.69, 9.17) is 26.8 Å². The Morgan fingerprint density at radius 1 is 1.03 bits per heavy atom. The van der Waals surface area contributed by atoms with Crippen LogP contribution in [0, 0.1) is 6.92 Å². The van der Waals surface area contributed by atoms with Gasteiger partial charge < -0.3 is 15.2 Å². The fourth-order valence-electron chi connectivity index (χ4n) is 3.77. The van der Waals surface area contributed by atoms with Crippen LogP contribution in [-0.4, -0.2) is 30.1 Å². The van der Waals surface area contributed by atoms with Crippen LogP contribution in [0.2, 0.25) is 5.02 Å². The topological polar surface area (TPSA) is 82.1 Å². The Bertz CT molecular complexity index is 1220. The lowest BCUT2D eigenvalue weighted by molar-refractivity contribution is 0.307. The number of pyridine rings is 1. The van der Waals surface area contributed by atoms with E-state index in [-0.39, 0.29) is 16.6 Å². The Morgan fingerprint density at radius 3 is 2.50 bits per heavy atom. The number of halogens is 1. The highest BCUT2D eigenvalue weighted by atomic mass is 35.5. The Balaban J connectivity index is 1.82. The first kappa shape index (κ1) is 21.8. The molecule has 0 aliphatic carbocycles. The third-order valence-electron chi connectivity index (χ3n) is 5.33. The number of nitrogens with two attached hydrogens (primary N) is 1. The number of aryl methyl sites for hydroxylation is 1. The van der Waals surface area contributed by atoms with Crippen molar-refractivity contribution < 1.29 is 9.47 Å². The summed E-state index contributed by atoms with van der Waals surface area (Å²) in [7, 11) is 1.65. The van der Waals surface area contributed by atoms with Gasteiger partial charge in [-0.1, -0.05) is 28.3 Å². The molecule has 0 saturated carbocycles. The molecule has 0 spiro atoms. The molecule has 8 heteroatoms. The SMILES string of the molecule is COc1cc([N+]2(C(C)C)N=C(N)N=C2Oc2ccccc2Cl)ccc1-c1ccnc(C)c1. The number of amidine groups is 1. The van der Waals surface area contributed by atoms with Crippen molar-refractivity contribution in [3.63, 3.8) is 0 Å². The number of benzene rings is 2. The molecule has 0 bridgehead atoms. The van der Waals surface area contributed by atoms with Crippen molar-refractivity contribution in [2.24, 2.45) is 15.8 Å². The smallest absolute Gasteiger partial charge is 0.441 e. The van der Waals surface area contributed by atoms with E-state index in [0.29, 0.717) is 22.5 Å². The molecule has 2 aromatic carbocycles. The number of nitrogens with zero attached hydrogens (tertiary/aromatic N) is 4. The fourth-order valence-corrected chi connectivity index (χ4v) is 3.94. The van der Waals surface area contributed by atoms with Crippen LogP contribution in [0.4, 0.5) is 5.69 Å². The quantitative estimate of drug-likeness (QED) is 0.547. The van der Waals surface area contributed by atoms with Gasteiger partial charge in [0.2, 0.25) is 0 Å². The maximum absolute atomic E-state index is 6.33. The van der Waals surface area contributed by atoms with Gasteiger partial charge in [-0.15, -0.1) is 4.99 Å². The summed E-state index contributed by atoms with van der Waals surface area (Å²) in [5.41, 5.74) is 9.77. The molecule has 1 aliphatic rings. The predicted octanol–water partition coefficient (Wildman–Crippen LogP) is 5.11. The van der Waals surface area contributed by atoms with Gasteiger partial charge >= 0.3 is 6.02 Å². The third-order valence-corrected chi connectivity index (χ3v) is 5.65. The minimum absolute atomic E-state index is 0.0525. The van der Waals surface area contributed by atoms with Crippen LogP contribution < -0.4 is 19.8 Å². The van der Waals surface area contributed by atoms with Gasteiger partial charge in [0.15, 0.2) is 11.4 Å². The summed E-state index contributed by atoms with van der Waals surface area (Å²) in [6.45, 7) is 6.01. The Kier molecular flexibility index (Phi) is 5.86. The van der Waals surface area contributed by atoms with E-state index in [1.165, 1.54) is 0 Å². The molecule has 1 aromatic heterocycles. The van der Waals surface area contributed by atoms with Gasteiger partial charge in [-0.25, -0.2) is 0 Å². The van der Waals surface area contributed by atoms with Crippen LogP contribution in [0.5, 0.6) is 11.5 Å². The van der Waals surface area contributed by atoms with E-state index in [0.717, 1.165) is 22.5 Å². The lowest BCUT2D eigenvalue weighted by Crippen LogP contribution is -2.55. The zero-order valence-corrected chi connectivity index (χ0v) is 19.2. The highest BCUT2D eigenvalue weighted by Crippen LogP contribution is 2.40. The first-order valence-electron chi connectivity index (χ1n) is 10.2. The zero-order chi connectivity index (χ0) is 22.9. The highest BCUT2D eigenvalue weighted by Gasteiger charge is 2.49. The van der Waals surface area contributed by atoms with Gasteiger partial charge in [0.25, 0.3) is 5.96 Å². The number of guanidine groups is 1. The minimum atomic E-state index is -0.0731.